The predicted molar refractivity (Wildman–Crippen MR) is 167 cm³/mol. The molecule has 2 unspecified atom stereocenters. The van der Waals surface area contributed by atoms with Gasteiger partial charge in [-0.05, 0) is 67.3 Å². The molecule has 3 aromatic rings. The predicted octanol–water partition coefficient (Wildman–Crippen LogP) is 2.73. The number of phenols is 1. The number of hydrazine groups is 1. The molecule has 11 nitrogen and oxygen atoms in total. The SMILES string of the molecule is CCCN(CCC)C(=O)c1cc(C(N)=O)cc(C(=O)NC(Cc2ccc(O)cc2)C(O)CN(C)NC(=O)c2ccccc2)c1. The molecule has 0 saturated heterocycles. The van der Waals surface area contributed by atoms with Gasteiger partial charge >= 0.3 is 0 Å². The van der Waals surface area contributed by atoms with Crippen molar-refractivity contribution >= 4 is 23.6 Å². The van der Waals surface area contributed by atoms with Crippen LogP contribution in [-0.2, 0) is 6.42 Å². The number of nitrogens with one attached hydrogen (secondary N) is 2. The van der Waals surface area contributed by atoms with Crippen molar-refractivity contribution in [1.82, 2.24) is 20.7 Å². The molecule has 44 heavy (non-hydrogen) atoms. The summed E-state index contributed by atoms with van der Waals surface area (Å²) >= 11 is 0. The summed E-state index contributed by atoms with van der Waals surface area (Å²) in [5, 5.41) is 25.2. The molecule has 2 atom stereocenters. The van der Waals surface area contributed by atoms with Crippen LogP contribution in [0.4, 0.5) is 0 Å². The van der Waals surface area contributed by atoms with Crippen molar-refractivity contribution in [3.63, 3.8) is 0 Å². The molecule has 11 heteroatoms. The second kappa shape index (κ2) is 16.2. The smallest absolute Gasteiger partial charge is 0.265 e. The lowest BCUT2D eigenvalue weighted by Gasteiger charge is -2.28. The summed E-state index contributed by atoms with van der Waals surface area (Å²) in [7, 11) is 1.59. The molecule has 0 aliphatic carbocycles. The highest BCUT2D eigenvalue weighted by molar-refractivity contribution is 6.04. The lowest BCUT2D eigenvalue weighted by atomic mass is 9.99. The summed E-state index contributed by atoms with van der Waals surface area (Å²) in [6.07, 6.45) is 0.492. The van der Waals surface area contributed by atoms with Gasteiger partial charge in [-0.25, -0.2) is 5.01 Å². The Morgan fingerprint density at radius 1 is 0.818 bits per heavy atom. The van der Waals surface area contributed by atoms with Crippen LogP contribution >= 0.6 is 0 Å². The number of carbonyl (C=O) groups is 4. The van der Waals surface area contributed by atoms with Crippen LogP contribution in [0.1, 0.15) is 73.7 Å². The van der Waals surface area contributed by atoms with Crippen molar-refractivity contribution in [2.75, 3.05) is 26.7 Å². The van der Waals surface area contributed by atoms with E-state index in [0.29, 0.717) is 18.7 Å². The molecule has 6 N–H and O–H groups in total. The van der Waals surface area contributed by atoms with E-state index in [1.807, 2.05) is 13.8 Å². The number of benzene rings is 3. The number of rotatable bonds is 15. The minimum atomic E-state index is -1.17. The second-order valence-corrected chi connectivity index (χ2v) is 10.7. The Labute approximate surface area is 257 Å². The van der Waals surface area contributed by atoms with E-state index in [2.05, 4.69) is 10.7 Å². The zero-order valence-electron chi connectivity index (χ0n) is 25.3. The van der Waals surface area contributed by atoms with Crippen LogP contribution < -0.4 is 16.5 Å². The van der Waals surface area contributed by atoms with Gasteiger partial charge in [0, 0.05) is 48.9 Å². The van der Waals surface area contributed by atoms with Gasteiger partial charge in [-0.1, -0.05) is 44.2 Å². The third-order valence-electron chi connectivity index (χ3n) is 6.96. The van der Waals surface area contributed by atoms with Crippen molar-refractivity contribution in [1.29, 1.82) is 0 Å². The van der Waals surface area contributed by atoms with Crippen LogP contribution in [0, 0.1) is 0 Å². The topological polar surface area (TPSA) is 165 Å². The average Bonchev–Trinajstić information content (AvgIpc) is 3.01. The van der Waals surface area contributed by atoms with Crippen molar-refractivity contribution in [2.24, 2.45) is 5.73 Å². The van der Waals surface area contributed by atoms with Crippen LogP contribution in [0.5, 0.6) is 5.75 Å². The Hall–Kier alpha value is -4.74. The van der Waals surface area contributed by atoms with Crippen molar-refractivity contribution in [2.45, 2.75) is 45.3 Å². The van der Waals surface area contributed by atoms with Crippen LogP contribution in [0.15, 0.2) is 72.8 Å². The molecule has 4 amide bonds. The van der Waals surface area contributed by atoms with Gasteiger partial charge in [-0.2, -0.15) is 0 Å². The van der Waals surface area contributed by atoms with Crippen LogP contribution in [0.2, 0.25) is 0 Å². The minimum Gasteiger partial charge on any atom is -0.508 e. The van der Waals surface area contributed by atoms with Gasteiger partial charge in [0.15, 0.2) is 0 Å². The van der Waals surface area contributed by atoms with Crippen LogP contribution in [0.25, 0.3) is 0 Å². The Bertz CT molecular complexity index is 1420. The maximum Gasteiger partial charge on any atom is 0.265 e. The van der Waals surface area contributed by atoms with Gasteiger partial charge < -0.3 is 26.2 Å². The Morgan fingerprint density at radius 3 is 2.00 bits per heavy atom. The third kappa shape index (κ3) is 9.65. The molecule has 0 aliphatic rings. The van der Waals surface area contributed by atoms with Gasteiger partial charge in [-0.15, -0.1) is 0 Å². The number of nitrogens with two attached hydrogens (primary N) is 1. The summed E-state index contributed by atoms with van der Waals surface area (Å²) in [5.41, 5.74) is 9.62. The number of hydrogen-bond acceptors (Lipinski definition) is 7. The second-order valence-electron chi connectivity index (χ2n) is 10.7. The number of nitrogens with zero attached hydrogens (tertiary/aromatic N) is 2. The fourth-order valence-corrected chi connectivity index (χ4v) is 4.76. The fourth-order valence-electron chi connectivity index (χ4n) is 4.76. The molecule has 3 rings (SSSR count). The molecular weight excluding hydrogens is 562 g/mol. The Balaban J connectivity index is 1.86. The fraction of sp³-hybridized carbons (Fsp3) is 0.333. The average molecular weight is 604 g/mol. The largest absolute Gasteiger partial charge is 0.508 e. The van der Waals surface area contributed by atoms with Gasteiger partial charge in [0.2, 0.25) is 5.91 Å². The molecule has 0 spiro atoms. The standard InChI is InChI=1S/C33H41N5O6/c1-4-15-38(16-5-2)33(44)26-19-24(30(34)41)18-25(20-26)31(42)35-28(17-22-11-13-27(39)14-12-22)29(40)21-37(3)36-32(43)23-9-7-6-8-10-23/h6-14,18-20,28-29,39-40H,4-5,15-17,21H2,1-3H3,(H2,34,41)(H,35,42)(H,36,43). The third-order valence-corrected chi connectivity index (χ3v) is 6.96. The maximum atomic E-state index is 13.6. The van der Waals surface area contributed by atoms with Gasteiger partial charge in [0.25, 0.3) is 17.7 Å². The molecule has 0 aromatic heterocycles. The van der Waals surface area contributed by atoms with E-state index in [-0.39, 0.29) is 47.2 Å². The van der Waals surface area contributed by atoms with Gasteiger partial charge in [0.1, 0.15) is 5.75 Å². The van der Waals surface area contributed by atoms with E-state index in [0.717, 1.165) is 18.4 Å². The van der Waals surface area contributed by atoms with E-state index in [9.17, 15) is 29.4 Å². The molecule has 0 heterocycles. The molecule has 0 radical (unpaired) electrons. The van der Waals surface area contributed by atoms with Crippen LogP contribution in [-0.4, -0.2) is 82.6 Å². The normalized spacial score (nSPS) is 12.3. The number of aromatic hydroxyl groups is 1. The van der Waals surface area contributed by atoms with Gasteiger partial charge in [-0.3, -0.25) is 24.6 Å². The summed E-state index contributed by atoms with van der Waals surface area (Å²) in [6, 6.07) is 18.2. The zero-order chi connectivity index (χ0) is 32.2. The van der Waals surface area contributed by atoms with Crippen molar-refractivity contribution in [3.05, 3.63) is 101 Å². The minimum absolute atomic E-state index is 0.00735. The maximum absolute atomic E-state index is 13.6. The Kier molecular flexibility index (Phi) is 12.4. The van der Waals surface area contributed by atoms with Crippen molar-refractivity contribution < 1.29 is 29.4 Å². The van der Waals surface area contributed by atoms with E-state index >= 15 is 0 Å². The first-order chi connectivity index (χ1) is 21.0. The molecule has 0 aliphatic heterocycles. The number of amides is 4. The highest BCUT2D eigenvalue weighted by atomic mass is 16.3. The zero-order valence-corrected chi connectivity index (χ0v) is 25.3. The lowest BCUT2D eigenvalue weighted by Crippen LogP contribution is -2.52. The molecule has 0 fully saturated rings. The first-order valence-electron chi connectivity index (χ1n) is 14.6. The first-order valence-corrected chi connectivity index (χ1v) is 14.6. The highest BCUT2D eigenvalue weighted by Gasteiger charge is 2.26. The summed E-state index contributed by atoms with van der Waals surface area (Å²) in [5.74, 6) is -2.03. The van der Waals surface area contributed by atoms with Crippen molar-refractivity contribution in [3.8, 4) is 5.75 Å². The summed E-state index contributed by atoms with van der Waals surface area (Å²) in [4.78, 5) is 53.3. The number of likely N-dealkylation sites (N-methyl/N-ethyl adjacent to an activating group) is 1. The summed E-state index contributed by atoms with van der Waals surface area (Å²) in [6.45, 7) is 4.90. The first kappa shape index (κ1) is 33.8. The summed E-state index contributed by atoms with van der Waals surface area (Å²) < 4.78 is 0. The quantitative estimate of drug-likeness (QED) is 0.167. The van der Waals surface area contributed by atoms with E-state index in [1.54, 1.807) is 54.4 Å². The lowest BCUT2D eigenvalue weighted by molar-refractivity contribution is 0.0542. The molecule has 0 saturated carbocycles. The molecule has 3 aromatic carbocycles. The van der Waals surface area contributed by atoms with E-state index in [1.165, 1.54) is 35.3 Å². The monoisotopic (exact) mass is 603 g/mol. The number of carbonyl (C=O) groups excluding carboxylic acids is 4. The number of aliphatic hydroxyl groups excluding tert-OH is 1. The van der Waals surface area contributed by atoms with E-state index < -0.39 is 24.0 Å². The number of phenolic OH excluding ortho intramolecular Hbond substituents is 1. The highest BCUT2D eigenvalue weighted by Crippen LogP contribution is 2.17. The molecule has 234 valence electrons. The number of primary amides is 1. The molecule has 0 bridgehead atoms. The van der Waals surface area contributed by atoms with Crippen LogP contribution in [0.3, 0.4) is 0 Å². The number of aliphatic hydroxyl groups is 1. The number of hydrogen-bond donors (Lipinski definition) is 5. The Morgan fingerprint density at radius 2 is 1.41 bits per heavy atom. The van der Waals surface area contributed by atoms with Gasteiger partial charge in [0.05, 0.1) is 12.1 Å². The van der Waals surface area contributed by atoms with E-state index in [4.69, 9.17) is 5.73 Å². The molecular formula is C33H41N5O6.